The average Bonchev–Trinajstić information content (AvgIpc) is 3.31. The van der Waals surface area contributed by atoms with Gasteiger partial charge in [-0.15, -0.1) is 0 Å². The van der Waals surface area contributed by atoms with E-state index in [2.05, 4.69) is 32.0 Å². The molecule has 3 heterocycles. The molecule has 2 aromatic heterocycles. The van der Waals surface area contributed by atoms with Crippen molar-refractivity contribution in [3.63, 3.8) is 0 Å². The van der Waals surface area contributed by atoms with Gasteiger partial charge in [-0.1, -0.05) is 12.0 Å². The standard InChI is InChI=1S/C28H25F3N6O/c1-19-20(6-7-23-17-33-26-18-32-8-9-37(23)26)4-3-5-25(19)27(38)34-22-14-21(28(29,30)31)15-24(16-22)36-12-10-35(2)11-13-36/h3-5,8-9,14-18H,10-13H2,1-2H3,(H,34,38)/p+1. The van der Waals surface area contributed by atoms with Gasteiger partial charge in [0.15, 0.2) is 0 Å². The summed E-state index contributed by atoms with van der Waals surface area (Å²) in [6.07, 6.45) is 2.36. The van der Waals surface area contributed by atoms with Crippen molar-refractivity contribution in [1.29, 1.82) is 0 Å². The molecule has 0 aliphatic carbocycles. The van der Waals surface area contributed by atoms with Gasteiger partial charge in [0.1, 0.15) is 18.6 Å². The molecule has 0 unspecified atom stereocenters. The van der Waals surface area contributed by atoms with Crippen molar-refractivity contribution in [3.8, 4) is 11.8 Å². The minimum absolute atomic E-state index is 0.0958. The minimum Gasteiger partial charge on any atom is -0.369 e. The predicted molar refractivity (Wildman–Crippen MR) is 138 cm³/mol. The second-order valence-electron chi connectivity index (χ2n) is 9.24. The first-order valence-electron chi connectivity index (χ1n) is 12.1. The summed E-state index contributed by atoms with van der Waals surface area (Å²) in [5.41, 5.74) is 2.86. The van der Waals surface area contributed by atoms with Crippen molar-refractivity contribution < 1.29 is 22.4 Å². The Morgan fingerprint density at radius 1 is 1.13 bits per heavy atom. The number of imidazole rings is 1. The predicted octanol–water partition coefficient (Wildman–Crippen LogP) is 3.88. The number of hydrogen-bond donors (Lipinski definition) is 2. The molecule has 2 N–H and O–H groups in total. The third kappa shape index (κ3) is 5.33. The Morgan fingerprint density at radius 2 is 1.92 bits per heavy atom. The van der Waals surface area contributed by atoms with E-state index in [1.807, 2.05) is 16.3 Å². The van der Waals surface area contributed by atoms with Gasteiger partial charge in [-0.05, 0) is 55.8 Å². The fourth-order valence-corrected chi connectivity index (χ4v) is 4.43. The third-order valence-electron chi connectivity index (χ3n) is 6.65. The first-order valence-corrected chi connectivity index (χ1v) is 12.1. The fourth-order valence-electron chi connectivity index (χ4n) is 4.43. The maximum absolute atomic E-state index is 13.7. The number of anilines is 2. The molecule has 1 amide bonds. The largest absolute Gasteiger partial charge is 0.416 e. The number of likely N-dealkylation sites (N-methyl/N-ethyl adjacent to an activating group) is 1. The van der Waals surface area contributed by atoms with Crippen molar-refractivity contribution in [3.05, 3.63) is 89.1 Å². The van der Waals surface area contributed by atoms with Crippen LogP contribution in [0, 0.1) is 18.8 Å². The Kier molecular flexibility index (Phi) is 6.78. The smallest absolute Gasteiger partial charge is 0.369 e. The van der Waals surface area contributed by atoms with Crippen LogP contribution in [0.1, 0.15) is 32.7 Å². The van der Waals surface area contributed by atoms with Crippen LogP contribution in [-0.2, 0) is 6.18 Å². The van der Waals surface area contributed by atoms with Gasteiger partial charge in [0.2, 0.25) is 5.69 Å². The number of amides is 1. The van der Waals surface area contributed by atoms with Crippen molar-refractivity contribution in [1.82, 2.24) is 14.9 Å². The highest BCUT2D eigenvalue weighted by Crippen LogP contribution is 2.35. The van der Waals surface area contributed by atoms with Gasteiger partial charge in [0.05, 0.1) is 11.8 Å². The van der Waals surface area contributed by atoms with E-state index in [9.17, 15) is 18.0 Å². The molecule has 0 atom stereocenters. The second-order valence-corrected chi connectivity index (χ2v) is 9.24. The van der Waals surface area contributed by atoms with Crippen LogP contribution in [0.15, 0.2) is 61.2 Å². The number of alkyl halides is 3. The van der Waals surface area contributed by atoms with Crippen LogP contribution >= 0.6 is 0 Å². The maximum atomic E-state index is 13.7. The first-order chi connectivity index (χ1) is 18.2. The Labute approximate surface area is 217 Å². The van der Waals surface area contributed by atoms with E-state index in [4.69, 9.17) is 0 Å². The molecule has 7 nitrogen and oxygen atoms in total. The SMILES string of the molecule is Cc1c(C#Cc2c[nH]c3cncc[n+]23)cccc1C(=O)Nc1cc(N2CCN(C)CC2)cc(C(F)(F)F)c1. The van der Waals surface area contributed by atoms with E-state index in [0.29, 0.717) is 35.5 Å². The number of nitrogens with one attached hydrogen (secondary N) is 2. The molecular formula is C28H26F3N6O+. The summed E-state index contributed by atoms with van der Waals surface area (Å²) in [5.74, 6) is 5.70. The number of halogens is 3. The van der Waals surface area contributed by atoms with Crippen molar-refractivity contribution >= 4 is 22.9 Å². The van der Waals surface area contributed by atoms with E-state index in [1.54, 1.807) is 56.0 Å². The van der Waals surface area contributed by atoms with E-state index >= 15 is 0 Å². The average molecular weight is 520 g/mol. The number of fused-ring (bicyclic) bond motifs is 1. The van der Waals surface area contributed by atoms with Gasteiger partial charge in [0, 0.05) is 48.7 Å². The molecule has 1 saturated heterocycles. The molecule has 0 saturated carbocycles. The number of hydrogen-bond acceptors (Lipinski definition) is 4. The highest BCUT2D eigenvalue weighted by Gasteiger charge is 2.32. The lowest BCUT2D eigenvalue weighted by molar-refractivity contribution is -0.513. The van der Waals surface area contributed by atoms with Gasteiger partial charge in [-0.3, -0.25) is 9.78 Å². The normalized spacial score (nSPS) is 14.3. The Balaban J connectivity index is 1.42. The molecule has 0 radical (unpaired) electrons. The van der Waals surface area contributed by atoms with Crippen LogP contribution in [0.3, 0.4) is 0 Å². The fraction of sp³-hybridized carbons (Fsp3) is 0.250. The molecule has 194 valence electrons. The summed E-state index contributed by atoms with van der Waals surface area (Å²) in [4.78, 5) is 24.4. The molecule has 5 rings (SSSR count). The molecule has 38 heavy (non-hydrogen) atoms. The maximum Gasteiger partial charge on any atom is 0.416 e. The quantitative estimate of drug-likeness (QED) is 0.319. The van der Waals surface area contributed by atoms with Crippen LogP contribution in [0.5, 0.6) is 0 Å². The lowest BCUT2D eigenvalue weighted by Crippen LogP contribution is -2.44. The van der Waals surface area contributed by atoms with E-state index in [-0.39, 0.29) is 5.69 Å². The van der Waals surface area contributed by atoms with Crippen LogP contribution < -0.4 is 14.6 Å². The molecule has 1 aliphatic rings. The van der Waals surface area contributed by atoms with Gasteiger partial charge in [-0.25, -0.2) is 4.98 Å². The number of carbonyl (C=O) groups excluding carboxylic acids is 1. The summed E-state index contributed by atoms with van der Waals surface area (Å²) in [6.45, 7) is 4.48. The lowest BCUT2D eigenvalue weighted by atomic mass is 10.0. The summed E-state index contributed by atoms with van der Waals surface area (Å²) in [6, 6.07) is 8.86. The van der Waals surface area contributed by atoms with Gasteiger partial charge in [-0.2, -0.15) is 17.6 Å². The monoisotopic (exact) mass is 519 g/mol. The number of H-pyrrole nitrogens is 1. The molecule has 1 aliphatic heterocycles. The van der Waals surface area contributed by atoms with Crippen LogP contribution in [0.4, 0.5) is 24.5 Å². The van der Waals surface area contributed by atoms with E-state index in [1.165, 1.54) is 0 Å². The van der Waals surface area contributed by atoms with E-state index < -0.39 is 17.6 Å². The zero-order valence-electron chi connectivity index (χ0n) is 20.9. The topological polar surface area (TPSA) is 68.4 Å². The van der Waals surface area contributed by atoms with E-state index in [0.717, 1.165) is 36.6 Å². The number of aromatic amines is 1. The Hall–Kier alpha value is -4.36. The van der Waals surface area contributed by atoms with Crippen LogP contribution in [0.2, 0.25) is 0 Å². The molecular weight excluding hydrogens is 493 g/mol. The number of carbonyl (C=O) groups is 1. The van der Waals surface area contributed by atoms with Gasteiger partial charge in [0.25, 0.3) is 5.91 Å². The molecule has 0 spiro atoms. The van der Waals surface area contributed by atoms with Gasteiger partial charge < -0.3 is 15.1 Å². The highest BCUT2D eigenvalue weighted by atomic mass is 19.4. The Morgan fingerprint density at radius 3 is 2.68 bits per heavy atom. The van der Waals surface area contributed by atoms with Crippen molar-refractivity contribution in [2.45, 2.75) is 13.1 Å². The minimum atomic E-state index is -4.54. The summed E-state index contributed by atoms with van der Waals surface area (Å²) in [5, 5.41) is 2.68. The summed E-state index contributed by atoms with van der Waals surface area (Å²) >= 11 is 0. The number of piperazine rings is 1. The number of benzene rings is 2. The zero-order chi connectivity index (χ0) is 26.9. The van der Waals surface area contributed by atoms with Crippen LogP contribution in [0.25, 0.3) is 5.65 Å². The summed E-state index contributed by atoms with van der Waals surface area (Å²) in [7, 11) is 1.98. The third-order valence-corrected chi connectivity index (χ3v) is 6.65. The number of aromatic nitrogens is 3. The molecule has 1 fully saturated rings. The van der Waals surface area contributed by atoms with Crippen molar-refractivity contribution in [2.24, 2.45) is 0 Å². The van der Waals surface area contributed by atoms with Crippen molar-refractivity contribution in [2.75, 3.05) is 43.4 Å². The molecule has 0 bridgehead atoms. The first kappa shape index (κ1) is 25.3. The highest BCUT2D eigenvalue weighted by molar-refractivity contribution is 6.05. The van der Waals surface area contributed by atoms with Crippen LogP contribution in [-0.4, -0.2) is 54.0 Å². The lowest BCUT2D eigenvalue weighted by Gasteiger charge is -2.34. The second kappa shape index (κ2) is 10.2. The molecule has 10 heteroatoms. The number of rotatable bonds is 3. The Bertz CT molecular complexity index is 1560. The number of nitrogens with zero attached hydrogens (tertiary/aromatic N) is 4. The molecule has 2 aromatic carbocycles. The summed E-state index contributed by atoms with van der Waals surface area (Å²) < 4.78 is 42.9. The van der Waals surface area contributed by atoms with Gasteiger partial charge >= 0.3 is 11.8 Å². The zero-order valence-corrected chi connectivity index (χ0v) is 20.9. The molecule has 4 aromatic rings.